The number of nitrogens with one attached hydrogen (secondary N) is 1. The molecule has 0 saturated carbocycles. The highest BCUT2D eigenvalue weighted by Gasteiger charge is 2.13. The van der Waals surface area contributed by atoms with Crippen molar-refractivity contribution in [3.63, 3.8) is 0 Å². The summed E-state index contributed by atoms with van der Waals surface area (Å²) in [6, 6.07) is 2.79. The van der Waals surface area contributed by atoms with Gasteiger partial charge in [-0.25, -0.2) is 0 Å². The minimum absolute atomic E-state index is 0.00563. The first kappa shape index (κ1) is 15.5. The minimum Gasteiger partial charge on any atom is -0.476 e. The molecule has 1 N–H and O–H groups in total. The van der Waals surface area contributed by atoms with Crippen molar-refractivity contribution in [2.75, 3.05) is 38.1 Å². The fourth-order valence-electron chi connectivity index (χ4n) is 2.40. The molecule has 1 aliphatic rings. The van der Waals surface area contributed by atoms with E-state index in [1.54, 1.807) is 0 Å². The lowest BCUT2D eigenvalue weighted by Gasteiger charge is -2.26. The van der Waals surface area contributed by atoms with Crippen LogP contribution < -0.4 is 10.1 Å². The molecule has 0 radical (unpaired) electrons. The van der Waals surface area contributed by atoms with Gasteiger partial charge in [0.05, 0.1) is 17.1 Å². The molecule has 21 heavy (non-hydrogen) atoms. The van der Waals surface area contributed by atoms with E-state index in [1.807, 2.05) is 6.92 Å². The monoisotopic (exact) mass is 294 g/mol. The number of hydrogen-bond donors (Lipinski definition) is 1. The van der Waals surface area contributed by atoms with E-state index in [9.17, 15) is 10.1 Å². The van der Waals surface area contributed by atoms with E-state index in [4.69, 9.17) is 4.74 Å². The highest BCUT2D eigenvalue weighted by atomic mass is 16.6. The maximum absolute atomic E-state index is 10.9. The molecule has 116 valence electrons. The van der Waals surface area contributed by atoms with Gasteiger partial charge in [-0.3, -0.25) is 15.0 Å². The predicted octanol–water partition coefficient (Wildman–Crippen LogP) is 2.29. The summed E-state index contributed by atoms with van der Waals surface area (Å²) in [5, 5.41) is 13.9. The van der Waals surface area contributed by atoms with Crippen LogP contribution in [0.15, 0.2) is 12.1 Å². The van der Waals surface area contributed by atoms with E-state index in [1.165, 1.54) is 31.4 Å². The molecular formula is C14H22N4O3. The molecule has 0 bridgehead atoms. The van der Waals surface area contributed by atoms with Crippen molar-refractivity contribution >= 4 is 11.5 Å². The Bertz CT molecular complexity index is 475. The van der Waals surface area contributed by atoms with Crippen molar-refractivity contribution in [3.8, 4) is 5.88 Å². The highest BCUT2D eigenvalue weighted by molar-refractivity contribution is 5.48. The molecule has 0 aliphatic carbocycles. The molecule has 1 fully saturated rings. The average Bonchev–Trinajstić information content (AvgIpc) is 2.48. The number of nitro groups is 1. The van der Waals surface area contributed by atoms with Crippen LogP contribution in [0.4, 0.5) is 11.5 Å². The first-order valence-corrected chi connectivity index (χ1v) is 7.44. The van der Waals surface area contributed by atoms with Crippen molar-refractivity contribution in [2.45, 2.75) is 26.2 Å². The van der Waals surface area contributed by atoms with Crippen LogP contribution in [0.5, 0.6) is 5.88 Å². The van der Waals surface area contributed by atoms with Crippen molar-refractivity contribution in [1.29, 1.82) is 0 Å². The molecule has 0 atom stereocenters. The van der Waals surface area contributed by atoms with E-state index in [0.29, 0.717) is 24.8 Å². The Morgan fingerprint density at radius 1 is 1.38 bits per heavy atom. The van der Waals surface area contributed by atoms with Crippen LogP contribution in [0.3, 0.4) is 0 Å². The van der Waals surface area contributed by atoms with Gasteiger partial charge in [0.2, 0.25) is 5.88 Å². The summed E-state index contributed by atoms with van der Waals surface area (Å²) < 4.78 is 5.59. The highest BCUT2D eigenvalue weighted by Crippen LogP contribution is 2.22. The fourth-order valence-corrected chi connectivity index (χ4v) is 2.40. The molecule has 1 aliphatic heterocycles. The molecule has 1 aromatic rings. The lowest BCUT2D eigenvalue weighted by molar-refractivity contribution is -0.384. The number of likely N-dealkylation sites (tertiary alicyclic amines) is 1. The number of piperidine rings is 1. The van der Waals surface area contributed by atoms with E-state index in [0.717, 1.165) is 19.6 Å². The Kier molecular flexibility index (Phi) is 5.74. The molecule has 0 unspecified atom stereocenters. The van der Waals surface area contributed by atoms with Crippen molar-refractivity contribution in [1.82, 2.24) is 9.88 Å². The van der Waals surface area contributed by atoms with Gasteiger partial charge < -0.3 is 10.1 Å². The number of pyridine rings is 1. The molecule has 0 spiro atoms. The Labute approximate surface area is 124 Å². The van der Waals surface area contributed by atoms with Gasteiger partial charge in [-0.15, -0.1) is 0 Å². The quantitative estimate of drug-likeness (QED) is 0.614. The Morgan fingerprint density at radius 3 is 2.81 bits per heavy atom. The molecule has 0 aromatic carbocycles. The van der Waals surface area contributed by atoms with Gasteiger partial charge in [-0.05, 0) is 32.9 Å². The van der Waals surface area contributed by atoms with Crippen LogP contribution >= 0.6 is 0 Å². The van der Waals surface area contributed by atoms with E-state index in [2.05, 4.69) is 15.2 Å². The van der Waals surface area contributed by atoms with E-state index >= 15 is 0 Å². The predicted molar refractivity (Wildman–Crippen MR) is 80.8 cm³/mol. The van der Waals surface area contributed by atoms with Gasteiger partial charge in [0.25, 0.3) is 5.69 Å². The number of ether oxygens (including phenoxy) is 1. The summed E-state index contributed by atoms with van der Waals surface area (Å²) in [4.78, 5) is 17.1. The second kappa shape index (κ2) is 7.78. The van der Waals surface area contributed by atoms with Gasteiger partial charge in [-0.1, -0.05) is 6.42 Å². The Morgan fingerprint density at radius 2 is 2.14 bits per heavy atom. The third kappa shape index (κ3) is 4.86. The Balaban J connectivity index is 1.92. The molecule has 7 nitrogen and oxygen atoms in total. The van der Waals surface area contributed by atoms with Gasteiger partial charge in [0, 0.05) is 13.1 Å². The number of nitrogens with zero attached hydrogens (tertiary/aromatic N) is 3. The summed E-state index contributed by atoms with van der Waals surface area (Å²) in [6.45, 7) is 6.11. The molecule has 0 amide bonds. The van der Waals surface area contributed by atoms with Gasteiger partial charge in [0.1, 0.15) is 12.4 Å². The molecule has 2 heterocycles. The number of anilines is 1. The summed E-state index contributed by atoms with van der Waals surface area (Å²) in [6.07, 6.45) is 3.77. The summed E-state index contributed by atoms with van der Waals surface area (Å²) >= 11 is 0. The largest absolute Gasteiger partial charge is 0.476 e. The second-order valence-electron chi connectivity index (χ2n) is 5.09. The van der Waals surface area contributed by atoms with Crippen LogP contribution in [0.2, 0.25) is 0 Å². The van der Waals surface area contributed by atoms with Crippen LogP contribution in [0.25, 0.3) is 0 Å². The third-order valence-corrected chi connectivity index (χ3v) is 3.46. The zero-order chi connectivity index (χ0) is 15.1. The second-order valence-corrected chi connectivity index (χ2v) is 5.09. The van der Waals surface area contributed by atoms with Crippen molar-refractivity contribution < 1.29 is 9.66 Å². The zero-order valence-corrected chi connectivity index (χ0v) is 12.4. The van der Waals surface area contributed by atoms with Gasteiger partial charge in [0.15, 0.2) is 0 Å². The summed E-state index contributed by atoms with van der Waals surface area (Å²) in [5.74, 6) is 0.775. The Hall–Kier alpha value is -1.89. The van der Waals surface area contributed by atoms with Crippen LogP contribution in [0.1, 0.15) is 26.2 Å². The van der Waals surface area contributed by atoms with Gasteiger partial charge >= 0.3 is 0 Å². The summed E-state index contributed by atoms with van der Waals surface area (Å²) in [7, 11) is 0. The van der Waals surface area contributed by atoms with Crippen LogP contribution in [-0.4, -0.2) is 47.6 Å². The molecule has 1 aromatic heterocycles. The van der Waals surface area contributed by atoms with Gasteiger partial charge in [-0.2, -0.15) is 4.98 Å². The van der Waals surface area contributed by atoms with E-state index < -0.39 is 4.92 Å². The molecular weight excluding hydrogens is 272 g/mol. The molecule has 1 saturated heterocycles. The first-order valence-electron chi connectivity index (χ1n) is 7.44. The molecule has 7 heteroatoms. The summed E-state index contributed by atoms with van der Waals surface area (Å²) in [5.41, 5.74) is -0.00563. The third-order valence-electron chi connectivity index (χ3n) is 3.46. The number of hydrogen-bond acceptors (Lipinski definition) is 6. The maximum Gasteiger partial charge on any atom is 0.278 e. The maximum atomic E-state index is 10.9. The SMILES string of the molecule is CCNc1cc([N+](=O)[O-])cc(OCCN2CCCCC2)n1. The topological polar surface area (TPSA) is 80.5 Å². The minimum atomic E-state index is -0.431. The number of rotatable bonds is 7. The normalized spacial score (nSPS) is 15.7. The smallest absolute Gasteiger partial charge is 0.278 e. The van der Waals surface area contributed by atoms with E-state index in [-0.39, 0.29) is 5.69 Å². The lowest BCUT2D eigenvalue weighted by Crippen LogP contribution is -2.33. The fraction of sp³-hybridized carbons (Fsp3) is 0.643. The average molecular weight is 294 g/mol. The number of aromatic nitrogens is 1. The first-order chi connectivity index (χ1) is 10.2. The van der Waals surface area contributed by atoms with Crippen LogP contribution in [0, 0.1) is 10.1 Å². The standard InChI is InChI=1S/C14H22N4O3/c1-2-15-13-10-12(18(19)20)11-14(16-13)21-9-8-17-6-4-3-5-7-17/h10-11H,2-9H2,1H3,(H,15,16). The van der Waals surface area contributed by atoms with Crippen LogP contribution in [-0.2, 0) is 0 Å². The van der Waals surface area contributed by atoms with Crippen molar-refractivity contribution in [2.24, 2.45) is 0 Å². The van der Waals surface area contributed by atoms with Crippen molar-refractivity contribution in [3.05, 3.63) is 22.2 Å². The molecule has 2 rings (SSSR count). The lowest BCUT2D eigenvalue weighted by atomic mass is 10.1. The zero-order valence-electron chi connectivity index (χ0n) is 12.4.